The maximum Gasteiger partial charge on any atom is 0.255 e. The molecule has 1 aromatic heterocycles. The average Bonchev–Trinajstić information content (AvgIpc) is 3.18. The van der Waals surface area contributed by atoms with Gasteiger partial charge in [-0.25, -0.2) is 8.42 Å². The number of sulfonamides is 1. The zero-order chi connectivity index (χ0) is 15.3. The minimum atomic E-state index is -3.15. The van der Waals surface area contributed by atoms with Gasteiger partial charge in [-0.2, -0.15) is 4.31 Å². The van der Waals surface area contributed by atoms with Crippen molar-refractivity contribution in [1.82, 2.24) is 14.2 Å². The van der Waals surface area contributed by atoms with Crippen LogP contribution in [0.15, 0.2) is 24.5 Å². The van der Waals surface area contributed by atoms with Crippen molar-refractivity contribution in [1.29, 1.82) is 0 Å². The highest BCUT2D eigenvalue weighted by molar-refractivity contribution is 7.90. The molecule has 0 aromatic carbocycles. The first-order valence-corrected chi connectivity index (χ1v) is 9.31. The summed E-state index contributed by atoms with van der Waals surface area (Å²) in [7, 11) is -3.15. The fourth-order valence-corrected chi connectivity index (χ4v) is 5.83. The fraction of sp³-hybridized carbons (Fsp3) is 0.600. The summed E-state index contributed by atoms with van der Waals surface area (Å²) < 4.78 is 26.7. The Balaban J connectivity index is 1.54. The van der Waals surface area contributed by atoms with Gasteiger partial charge in [-0.3, -0.25) is 9.78 Å². The van der Waals surface area contributed by atoms with Gasteiger partial charge in [0.05, 0.1) is 10.8 Å². The van der Waals surface area contributed by atoms with Gasteiger partial charge >= 0.3 is 0 Å². The lowest BCUT2D eigenvalue weighted by molar-refractivity contribution is 0.0734. The van der Waals surface area contributed by atoms with E-state index in [1.54, 1.807) is 28.8 Å². The van der Waals surface area contributed by atoms with Crippen molar-refractivity contribution in [3.8, 4) is 0 Å². The third kappa shape index (κ3) is 2.14. The van der Waals surface area contributed by atoms with Crippen molar-refractivity contribution >= 4 is 15.9 Å². The fourth-order valence-electron chi connectivity index (χ4n) is 3.73. The van der Waals surface area contributed by atoms with Crippen LogP contribution in [0, 0.1) is 0 Å². The third-order valence-electron chi connectivity index (χ3n) is 4.97. The molecule has 1 aromatic rings. The SMILES string of the molecule is O=C(c1cccnc1)N1CC[C@H]2[C@H]1CCN2S(=O)(=O)C1CC1. The van der Waals surface area contributed by atoms with Crippen molar-refractivity contribution < 1.29 is 13.2 Å². The smallest absolute Gasteiger partial charge is 0.255 e. The molecule has 2 saturated heterocycles. The topological polar surface area (TPSA) is 70.6 Å². The Bertz CT molecular complexity index is 687. The van der Waals surface area contributed by atoms with Crippen molar-refractivity contribution in [3.63, 3.8) is 0 Å². The quantitative estimate of drug-likeness (QED) is 0.828. The van der Waals surface area contributed by atoms with Crippen LogP contribution in [0.25, 0.3) is 0 Å². The minimum absolute atomic E-state index is 0.0150. The van der Waals surface area contributed by atoms with Crippen LogP contribution >= 0.6 is 0 Å². The molecule has 6 nitrogen and oxygen atoms in total. The van der Waals surface area contributed by atoms with Crippen molar-refractivity contribution in [2.24, 2.45) is 0 Å². The molecule has 2 aliphatic heterocycles. The molecule has 1 amide bonds. The largest absolute Gasteiger partial charge is 0.334 e. The summed E-state index contributed by atoms with van der Waals surface area (Å²) in [5, 5.41) is -0.172. The Labute approximate surface area is 130 Å². The van der Waals surface area contributed by atoms with E-state index in [-0.39, 0.29) is 23.2 Å². The maximum absolute atomic E-state index is 12.6. The summed E-state index contributed by atoms with van der Waals surface area (Å²) in [5.74, 6) is -0.0359. The highest BCUT2D eigenvalue weighted by Gasteiger charge is 2.52. The first-order valence-electron chi connectivity index (χ1n) is 7.80. The Hall–Kier alpha value is -1.47. The van der Waals surface area contributed by atoms with E-state index < -0.39 is 10.0 Å². The number of amides is 1. The van der Waals surface area contributed by atoms with Gasteiger partial charge < -0.3 is 4.90 Å². The molecule has 2 atom stereocenters. The summed E-state index contributed by atoms with van der Waals surface area (Å²) >= 11 is 0. The summed E-state index contributed by atoms with van der Waals surface area (Å²) in [6.45, 7) is 1.17. The Morgan fingerprint density at radius 1 is 1.14 bits per heavy atom. The lowest BCUT2D eigenvalue weighted by atomic mass is 10.1. The predicted molar refractivity (Wildman–Crippen MR) is 80.7 cm³/mol. The van der Waals surface area contributed by atoms with Gasteiger partial charge in [0.25, 0.3) is 5.91 Å². The Morgan fingerprint density at radius 3 is 2.59 bits per heavy atom. The molecular formula is C15H19N3O3S. The van der Waals surface area contributed by atoms with E-state index in [1.807, 2.05) is 4.90 Å². The molecule has 1 aliphatic carbocycles. The highest BCUT2D eigenvalue weighted by atomic mass is 32.2. The molecule has 0 N–H and O–H groups in total. The lowest BCUT2D eigenvalue weighted by Crippen LogP contribution is -2.42. The van der Waals surface area contributed by atoms with Crippen LogP contribution in [-0.4, -0.2) is 58.9 Å². The molecule has 0 bridgehead atoms. The van der Waals surface area contributed by atoms with Crippen LogP contribution in [0.2, 0.25) is 0 Å². The number of rotatable bonds is 3. The number of hydrogen-bond acceptors (Lipinski definition) is 4. The Kier molecular flexibility index (Phi) is 3.23. The van der Waals surface area contributed by atoms with E-state index >= 15 is 0 Å². The lowest BCUT2D eigenvalue weighted by Gasteiger charge is -2.25. The molecule has 1 saturated carbocycles. The normalized spacial score (nSPS) is 28.8. The van der Waals surface area contributed by atoms with Crippen LogP contribution in [0.1, 0.15) is 36.0 Å². The van der Waals surface area contributed by atoms with Gasteiger partial charge in [0, 0.05) is 37.6 Å². The average molecular weight is 321 g/mol. The highest BCUT2D eigenvalue weighted by Crippen LogP contribution is 2.39. The zero-order valence-corrected chi connectivity index (χ0v) is 13.1. The van der Waals surface area contributed by atoms with Crippen molar-refractivity contribution in [2.75, 3.05) is 13.1 Å². The number of carbonyl (C=O) groups excluding carboxylic acids is 1. The van der Waals surface area contributed by atoms with Gasteiger partial charge in [0.15, 0.2) is 0 Å². The van der Waals surface area contributed by atoms with Gasteiger partial charge in [-0.15, -0.1) is 0 Å². The number of pyridine rings is 1. The first-order chi connectivity index (χ1) is 10.6. The van der Waals surface area contributed by atoms with E-state index in [2.05, 4.69) is 4.98 Å². The number of carbonyl (C=O) groups is 1. The molecule has 7 heteroatoms. The van der Waals surface area contributed by atoms with E-state index in [4.69, 9.17) is 0 Å². The molecule has 4 rings (SSSR count). The molecule has 0 unspecified atom stereocenters. The summed E-state index contributed by atoms with van der Waals surface area (Å²) in [5.41, 5.74) is 0.576. The second kappa shape index (κ2) is 5.03. The van der Waals surface area contributed by atoms with Gasteiger partial charge in [0.1, 0.15) is 0 Å². The van der Waals surface area contributed by atoms with Gasteiger partial charge in [-0.05, 0) is 37.8 Å². The summed E-state index contributed by atoms with van der Waals surface area (Å²) in [4.78, 5) is 18.4. The molecule has 3 fully saturated rings. The third-order valence-corrected chi connectivity index (χ3v) is 7.39. The number of likely N-dealkylation sites (tertiary alicyclic amines) is 1. The molecule has 0 spiro atoms. The first kappa shape index (κ1) is 14.1. The molecule has 118 valence electrons. The number of aromatic nitrogens is 1. The number of hydrogen-bond donors (Lipinski definition) is 0. The predicted octanol–water partition coefficient (Wildman–Crippen LogP) is 0.863. The van der Waals surface area contributed by atoms with Crippen molar-refractivity contribution in [3.05, 3.63) is 30.1 Å². The van der Waals surface area contributed by atoms with Crippen LogP contribution in [0.3, 0.4) is 0 Å². The maximum atomic E-state index is 12.6. The number of nitrogens with zero attached hydrogens (tertiary/aromatic N) is 3. The molecule has 3 heterocycles. The minimum Gasteiger partial charge on any atom is -0.334 e. The second-order valence-electron chi connectivity index (χ2n) is 6.31. The monoisotopic (exact) mass is 321 g/mol. The Morgan fingerprint density at radius 2 is 1.91 bits per heavy atom. The molecule has 0 radical (unpaired) electrons. The van der Waals surface area contributed by atoms with E-state index in [0.717, 1.165) is 25.7 Å². The van der Waals surface area contributed by atoms with Crippen molar-refractivity contribution in [2.45, 2.75) is 43.0 Å². The van der Waals surface area contributed by atoms with Crippen LogP contribution in [0.5, 0.6) is 0 Å². The van der Waals surface area contributed by atoms with Gasteiger partial charge in [-0.1, -0.05) is 0 Å². The summed E-state index contributed by atoms with van der Waals surface area (Å²) in [6.07, 6.45) is 6.26. The van der Waals surface area contributed by atoms with E-state index in [9.17, 15) is 13.2 Å². The molecule has 3 aliphatic rings. The second-order valence-corrected chi connectivity index (χ2v) is 8.47. The number of fused-ring (bicyclic) bond motifs is 1. The standard InChI is InChI=1S/C15H19N3O3S/c19-15(11-2-1-7-16-10-11)17-8-5-14-13(17)6-9-18(14)22(20,21)12-3-4-12/h1-2,7,10,12-14H,3-6,8-9H2/t13-,14+/m1/s1. The van der Waals surface area contributed by atoms with Crippen LogP contribution in [0.4, 0.5) is 0 Å². The van der Waals surface area contributed by atoms with Crippen LogP contribution < -0.4 is 0 Å². The summed E-state index contributed by atoms with van der Waals surface area (Å²) in [6, 6.07) is 3.49. The molecule has 22 heavy (non-hydrogen) atoms. The van der Waals surface area contributed by atoms with E-state index in [0.29, 0.717) is 18.7 Å². The van der Waals surface area contributed by atoms with Gasteiger partial charge in [0.2, 0.25) is 10.0 Å². The zero-order valence-electron chi connectivity index (χ0n) is 12.3. The molecular weight excluding hydrogens is 302 g/mol. The van der Waals surface area contributed by atoms with Crippen LogP contribution in [-0.2, 0) is 10.0 Å². The van der Waals surface area contributed by atoms with E-state index in [1.165, 1.54) is 0 Å².